The zero-order chi connectivity index (χ0) is 20.9. The van der Waals surface area contributed by atoms with Crippen molar-refractivity contribution in [3.63, 3.8) is 0 Å². The number of benzene rings is 1. The molecule has 3 aromatic rings. The van der Waals surface area contributed by atoms with Gasteiger partial charge in [-0.1, -0.05) is 0 Å². The minimum absolute atomic E-state index is 0.226. The molecule has 10 heteroatoms. The number of halogens is 3. The number of hydrogen-bond donors (Lipinski definition) is 2. The zero-order valence-corrected chi connectivity index (χ0v) is 16.3. The van der Waals surface area contributed by atoms with Crippen molar-refractivity contribution in [3.8, 4) is 17.0 Å². The fourth-order valence-electron chi connectivity index (χ4n) is 3.29. The molecule has 2 aromatic heterocycles. The molecular weight excluding hydrogens is 456 g/mol. The van der Waals surface area contributed by atoms with Gasteiger partial charge in [0.25, 0.3) is 0 Å². The Hall–Kier alpha value is -2.84. The van der Waals surface area contributed by atoms with Crippen LogP contribution in [0.15, 0.2) is 36.4 Å². The van der Waals surface area contributed by atoms with Crippen molar-refractivity contribution in [3.05, 3.63) is 46.5 Å². The molecule has 1 fully saturated rings. The number of carboxylic acids is 1. The summed E-state index contributed by atoms with van der Waals surface area (Å²) in [6, 6.07) is 8.91. The van der Waals surface area contributed by atoms with Crippen LogP contribution in [0.3, 0.4) is 0 Å². The van der Waals surface area contributed by atoms with Crippen LogP contribution >= 0.6 is 0 Å². The van der Waals surface area contributed by atoms with E-state index in [1.54, 1.807) is 18.2 Å². The van der Waals surface area contributed by atoms with E-state index >= 15 is 0 Å². The number of fused-ring (bicyclic) bond motifs is 1. The van der Waals surface area contributed by atoms with Crippen molar-refractivity contribution in [2.45, 2.75) is 18.7 Å². The summed E-state index contributed by atoms with van der Waals surface area (Å²) in [5.74, 6) is -2.70. The summed E-state index contributed by atoms with van der Waals surface area (Å²) in [6.45, 7) is 0. The Morgan fingerprint density at radius 2 is 2.00 bits per heavy atom. The normalized spacial score (nSPS) is 18.6. The second-order valence-electron chi connectivity index (χ2n) is 6.61. The molecule has 1 aliphatic carbocycles. The van der Waals surface area contributed by atoms with Crippen LogP contribution in [0.2, 0.25) is 0 Å². The number of nitrogens with two attached hydrogens (primary N) is 1. The summed E-state index contributed by atoms with van der Waals surface area (Å²) in [4.78, 5) is 27.6. The van der Waals surface area contributed by atoms with Gasteiger partial charge in [0, 0.05) is 0 Å². The van der Waals surface area contributed by atoms with Gasteiger partial charge in [-0.15, -0.1) is 0 Å². The summed E-state index contributed by atoms with van der Waals surface area (Å²) < 4.78 is 42.8. The fraction of sp³-hybridized carbons (Fsp3) is 0.211. The number of primary amides is 1. The van der Waals surface area contributed by atoms with E-state index in [1.807, 2.05) is 0 Å². The van der Waals surface area contributed by atoms with E-state index in [4.69, 9.17) is 10.8 Å². The monoisotopic (exact) mass is 470 g/mol. The van der Waals surface area contributed by atoms with Gasteiger partial charge in [0.2, 0.25) is 0 Å². The van der Waals surface area contributed by atoms with E-state index in [1.165, 1.54) is 18.2 Å². The second kappa shape index (κ2) is 6.89. The molecule has 0 aliphatic heterocycles. The zero-order valence-electron chi connectivity index (χ0n) is 14.6. The number of carbonyl (C=O) groups is 2. The summed E-state index contributed by atoms with van der Waals surface area (Å²) >= 11 is -0.492. The Morgan fingerprint density at radius 1 is 1.24 bits per heavy atom. The van der Waals surface area contributed by atoms with Gasteiger partial charge in [0.05, 0.1) is 0 Å². The van der Waals surface area contributed by atoms with Crippen molar-refractivity contribution in [1.82, 2.24) is 4.98 Å². The fourth-order valence-corrected chi connectivity index (χ4v) is 5.48. The van der Waals surface area contributed by atoms with Gasteiger partial charge in [-0.05, 0) is 0 Å². The van der Waals surface area contributed by atoms with E-state index in [9.17, 15) is 22.8 Å². The first-order chi connectivity index (χ1) is 13.6. The first kappa shape index (κ1) is 19.5. The van der Waals surface area contributed by atoms with E-state index in [0.29, 0.717) is 37.5 Å². The number of pyridine rings is 1. The molecule has 1 saturated carbocycles. The summed E-state index contributed by atoms with van der Waals surface area (Å²) in [5, 5.41) is 9.55. The molecular formula is C19H13F3N2O4Se. The van der Waals surface area contributed by atoms with Crippen LogP contribution in [0.5, 0.6) is 5.75 Å². The number of aromatic nitrogens is 1. The van der Waals surface area contributed by atoms with Gasteiger partial charge in [0.15, 0.2) is 0 Å². The molecule has 1 aromatic carbocycles. The van der Waals surface area contributed by atoms with Gasteiger partial charge in [-0.3, -0.25) is 0 Å². The van der Waals surface area contributed by atoms with E-state index in [-0.39, 0.29) is 5.92 Å². The van der Waals surface area contributed by atoms with Crippen LogP contribution < -0.4 is 10.5 Å². The second-order valence-corrected chi connectivity index (χ2v) is 8.82. The molecule has 2 heterocycles. The van der Waals surface area contributed by atoms with Gasteiger partial charge in [-0.25, -0.2) is 0 Å². The Bertz CT molecular complexity index is 1140. The molecule has 0 bridgehead atoms. The van der Waals surface area contributed by atoms with Crippen LogP contribution in [0.25, 0.3) is 20.9 Å². The molecule has 0 radical (unpaired) electrons. The molecule has 150 valence electrons. The SMILES string of the molecule is NC(=O)c1[se]c2ccc(OC(F)(F)F)cc2c1-c1cccc([C@@H]2C[C@H]2C(=O)O)n1. The number of hydrogen-bond acceptors (Lipinski definition) is 4. The average molecular weight is 469 g/mol. The van der Waals surface area contributed by atoms with Gasteiger partial charge < -0.3 is 0 Å². The molecule has 1 aliphatic rings. The number of nitrogens with zero attached hydrogens (tertiary/aromatic N) is 1. The molecule has 4 rings (SSSR count). The van der Waals surface area contributed by atoms with Crippen molar-refractivity contribution in [2.24, 2.45) is 11.7 Å². The summed E-state index contributed by atoms with van der Waals surface area (Å²) in [5.41, 5.74) is 6.83. The van der Waals surface area contributed by atoms with Crippen LogP contribution in [0, 0.1) is 5.92 Å². The Morgan fingerprint density at radius 3 is 2.62 bits per heavy atom. The molecule has 29 heavy (non-hydrogen) atoms. The quantitative estimate of drug-likeness (QED) is 0.559. The molecule has 3 N–H and O–H groups in total. The van der Waals surface area contributed by atoms with Gasteiger partial charge in [0.1, 0.15) is 0 Å². The van der Waals surface area contributed by atoms with E-state index in [2.05, 4.69) is 9.72 Å². The molecule has 0 unspecified atom stereocenters. The van der Waals surface area contributed by atoms with Crippen molar-refractivity contribution in [1.29, 1.82) is 0 Å². The van der Waals surface area contributed by atoms with E-state index < -0.39 is 44.4 Å². The van der Waals surface area contributed by atoms with Crippen molar-refractivity contribution in [2.75, 3.05) is 0 Å². The molecule has 0 spiro atoms. The average Bonchev–Trinajstić information content (AvgIpc) is 3.35. The first-order valence-corrected chi connectivity index (χ1v) is 10.2. The number of carboxylic acid groups (broad SMARTS) is 1. The number of ether oxygens (including phenoxy) is 1. The molecule has 1 amide bonds. The number of rotatable bonds is 5. The van der Waals surface area contributed by atoms with Crippen LogP contribution in [-0.4, -0.2) is 42.8 Å². The standard InChI is InChI=1S/C19H13F3N2O4Se/c20-19(21,22)28-8-4-5-14-11(6-8)15(16(29-14)17(23)25)13-3-1-2-12(24-13)9-7-10(9)18(26)27/h1-6,9-10H,7H2,(H2,23,25)(H,26,27)/t9-,10-/m1/s1. The Balaban J connectivity index is 1.83. The Labute approximate surface area is 167 Å². The predicted octanol–water partition coefficient (Wildman–Crippen LogP) is 3.14. The number of amides is 1. The third kappa shape index (κ3) is 3.86. The van der Waals surface area contributed by atoms with Crippen LogP contribution in [-0.2, 0) is 4.79 Å². The first-order valence-electron chi connectivity index (χ1n) is 8.46. The topological polar surface area (TPSA) is 103 Å². The van der Waals surface area contributed by atoms with E-state index in [0.717, 1.165) is 0 Å². The number of alkyl halides is 3. The third-order valence-electron chi connectivity index (χ3n) is 4.63. The summed E-state index contributed by atoms with van der Waals surface area (Å²) in [7, 11) is 0. The van der Waals surface area contributed by atoms with Crippen molar-refractivity contribution < 1.29 is 32.6 Å². The number of carbonyl (C=O) groups excluding carboxylic acids is 1. The maximum absolute atomic E-state index is 12.6. The third-order valence-corrected chi connectivity index (χ3v) is 7.12. The Kier molecular flexibility index (Phi) is 4.63. The number of aliphatic carboxylic acids is 1. The van der Waals surface area contributed by atoms with Crippen molar-refractivity contribution >= 4 is 36.0 Å². The predicted molar refractivity (Wildman–Crippen MR) is 97.8 cm³/mol. The molecule has 0 saturated heterocycles. The maximum atomic E-state index is 12.6. The van der Waals surface area contributed by atoms with Gasteiger partial charge in [-0.2, -0.15) is 0 Å². The summed E-state index contributed by atoms with van der Waals surface area (Å²) in [6.07, 6.45) is -4.37. The van der Waals surface area contributed by atoms with Crippen LogP contribution in [0.4, 0.5) is 13.2 Å². The van der Waals surface area contributed by atoms with Gasteiger partial charge >= 0.3 is 168 Å². The minimum atomic E-state index is -4.84. The molecule has 2 atom stereocenters. The van der Waals surface area contributed by atoms with Crippen LogP contribution in [0.1, 0.15) is 27.3 Å². The molecule has 6 nitrogen and oxygen atoms in total.